The molecular formula is C15H17F2NO. The molecule has 1 aromatic heterocycles. The lowest BCUT2D eigenvalue weighted by Crippen LogP contribution is -2.29. The van der Waals surface area contributed by atoms with Crippen molar-refractivity contribution in [3.8, 4) is 5.75 Å². The minimum absolute atomic E-state index is 0.0867. The molecule has 2 aromatic rings. The van der Waals surface area contributed by atoms with Crippen molar-refractivity contribution in [2.24, 2.45) is 0 Å². The van der Waals surface area contributed by atoms with Crippen molar-refractivity contribution in [1.29, 1.82) is 0 Å². The molecule has 0 saturated heterocycles. The van der Waals surface area contributed by atoms with Crippen LogP contribution in [0.25, 0.3) is 10.9 Å². The highest BCUT2D eigenvalue weighted by molar-refractivity contribution is 5.90. The van der Waals surface area contributed by atoms with Gasteiger partial charge < -0.3 is 9.30 Å². The third kappa shape index (κ3) is 1.99. The first-order valence-electron chi connectivity index (χ1n) is 6.41. The number of hydrogen-bond donors (Lipinski definition) is 0. The van der Waals surface area contributed by atoms with Gasteiger partial charge >= 0.3 is 0 Å². The van der Waals surface area contributed by atoms with E-state index >= 15 is 0 Å². The van der Waals surface area contributed by atoms with Crippen molar-refractivity contribution < 1.29 is 13.5 Å². The molecule has 19 heavy (non-hydrogen) atoms. The van der Waals surface area contributed by atoms with E-state index < -0.39 is 12.5 Å². The van der Waals surface area contributed by atoms with Gasteiger partial charge in [0.25, 0.3) is 5.92 Å². The third-order valence-corrected chi connectivity index (χ3v) is 3.51. The Kier molecular flexibility index (Phi) is 2.43. The highest BCUT2D eigenvalue weighted by Crippen LogP contribution is 2.39. The fourth-order valence-electron chi connectivity index (χ4n) is 2.64. The van der Waals surface area contributed by atoms with Crippen molar-refractivity contribution >= 4 is 10.9 Å². The predicted molar refractivity (Wildman–Crippen MR) is 71.1 cm³/mol. The summed E-state index contributed by atoms with van der Waals surface area (Å²) in [7, 11) is 0. The Hall–Kier alpha value is -1.58. The Labute approximate surface area is 111 Å². The molecule has 0 N–H and O–H groups in total. The quantitative estimate of drug-likeness (QED) is 0.703. The number of benzene rings is 1. The number of ether oxygens (including phenoxy) is 1. The first-order valence-corrected chi connectivity index (χ1v) is 6.41. The summed E-state index contributed by atoms with van der Waals surface area (Å²) in [6, 6.07) is 5.59. The lowest BCUT2D eigenvalue weighted by molar-refractivity contribution is -0.0495. The summed E-state index contributed by atoms with van der Waals surface area (Å²) >= 11 is 0. The molecule has 0 amide bonds. The monoisotopic (exact) mass is 265 g/mol. The average molecular weight is 265 g/mol. The van der Waals surface area contributed by atoms with E-state index in [0.717, 1.165) is 16.5 Å². The predicted octanol–water partition coefficient (Wildman–Crippen LogP) is 3.97. The topological polar surface area (TPSA) is 14.2 Å². The van der Waals surface area contributed by atoms with Gasteiger partial charge in [0.05, 0.1) is 12.1 Å². The van der Waals surface area contributed by atoms with E-state index in [4.69, 9.17) is 4.74 Å². The number of nitrogens with zero attached hydrogens (tertiary/aromatic N) is 1. The standard InChI is InChI=1S/C15H17F2NO/c1-14(2,3)11-7-18-8-15(16,17)9-19-12-6-4-5-10(11)13(12)18/h4-7H,8-9H2,1-3H3. The maximum atomic E-state index is 13.7. The van der Waals surface area contributed by atoms with Crippen LogP contribution in [-0.4, -0.2) is 17.1 Å². The molecule has 0 saturated carbocycles. The van der Waals surface area contributed by atoms with Gasteiger partial charge in [-0.2, -0.15) is 0 Å². The molecule has 1 aliphatic rings. The van der Waals surface area contributed by atoms with Gasteiger partial charge in [-0.3, -0.25) is 0 Å². The SMILES string of the molecule is CC(C)(C)c1cn2c3c(cccc13)OCC(F)(F)C2. The molecule has 0 atom stereocenters. The second-order valence-electron chi connectivity index (χ2n) is 6.22. The van der Waals surface area contributed by atoms with Crippen LogP contribution >= 0.6 is 0 Å². The van der Waals surface area contributed by atoms with Gasteiger partial charge in [-0.25, -0.2) is 8.78 Å². The van der Waals surface area contributed by atoms with Crippen molar-refractivity contribution in [3.05, 3.63) is 30.0 Å². The molecule has 1 aromatic carbocycles. The summed E-state index contributed by atoms with van der Waals surface area (Å²) in [6.07, 6.45) is 1.84. The van der Waals surface area contributed by atoms with Crippen LogP contribution < -0.4 is 4.74 Å². The summed E-state index contributed by atoms with van der Waals surface area (Å²) in [5.41, 5.74) is 1.77. The maximum Gasteiger partial charge on any atom is 0.298 e. The van der Waals surface area contributed by atoms with Gasteiger partial charge in [0.2, 0.25) is 0 Å². The lowest BCUT2D eigenvalue weighted by Gasteiger charge is -2.18. The summed E-state index contributed by atoms with van der Waals surface area (Å²) < 4.78 is 34.4. The second kappa shape index (κ2) is 3.71. The summed E-state index contributed by atoms with van der Waals surface area (Å²) in [5.74, 6) is -2.29. The highest BCUT2D eigenvalue weighted by Gasteiger charge is 2.35. The van der Waals surface area contributed by atoms with Gasteiger partial charge in [-0.1, -0.05) is 32.9 Å². The molecule has 0 fully saturated rings. The Morgan fingerprint density at radius 1 is 1.26 bits per heavy atom. The average Bonchev–Trinajstić information content (AvgIpc) is 2.58. The van der Waals surface area contributed by atoms with Crippen LogP contribution in [0.15, 0.2) is 24.4 Å². The van der Waals surface area contributed by atoms with E-state index in [0.29, 0.717) is 5.75 Å². The molecule has 0 bridgehead atoms. The van der Waals surface area contributed by atoms with Crippen molar-refractivity contribution in [2.45, 2.75) is 38.7 Å². The number of rotatable bonds is 0. The largest absolute Gasteiger partial charge is 0.485 e. The van der Waals surface area contributed by atoms with Crippen LogP contribution in [0.3, 0.4) is 0 Å². The summed E-state index contributed by atoms with van der Waals surface area (Å²) in [5, 5.41) is 1.00. The van der Waals surface area contributed by atoms with E-state index in [2.05, 4.69) is 20.8 Å². The molecule has 0 radical (unpaired) electrons. The minimum atomic E-state index is -2.83. The fraction of sp³-hybridized carbons (Fsp3) is 0.467. The molecule has 2 nitrogen and oxygen atoms in total. The zero-order valence-corrected chi connectivity index (χ0v) is 11.3. The fourth-order valence-corrected chi connectivity index (χ4v) is 2.64. The molecule has 2 heterocycles. The van der Waals surface area contributed by atoms with Crippen LogP contribution in [0.4, 0.5) is 8.78 Å². The lowest BCUT2D eigenvalue weighted by atomic mass is 9.87. The molecule has 3 rings (SSSR count). The smallest absolute Gasteiger partial charge is 0.298 e. The van der Waals surface area contributed by atoms with Gasteiger partial charge in [0.1, 0.15) is 5.75 Å². The molecular weight excluding hydrogens is 248 g/mol. The number of hydrogen-bond acceptors (Lipinski definition) is 1. The maximum absolute atomic E-state index is 13.7. The van der Waals surface area contributed by atoms with Crippen molar-refractivity contribution in [2.75, 3.05) is 6.61 Å². The van der Waals surface area contributed by atoms with Crippen molar-refractivity contribution in [1.82, 2.24) is 4.57 Å². The molecule has 0 aliphatic carbocycles. The van der Waals surface area contributed by atoms with E-state index in [1.807, 2.05) is 18.3 Å². The van der Waals surface area contributed by atoms with E-state index in [1.54, 1.807) is 10.6 Å². The number of alkyl halides is 2. The third-order valence-electron chi connectivity index (χ3n) is 3.51. The zero-order valence-electron chi connectivity index (χ0n) is 11.3. The van der Waals surface area contributed by atoms with E-state index in [-0.39, 0.29) is 12.0 Å². The number of para-hydroxylation sites is 1. The first-order chi connectivity index (χ1) is 8.78. The van der Waals surface area contributed by atoms with Gasteiger partial charge in [0.15, 0.2) is 6.61 Å². The van der Waals surface area contributed by atoms with E-state index in [1.165, 1.54) is 0 Å². The summed E-state index contributed by atoms with van der Waals surface area (Å²) in [6.45, 7) is 5.38. The molecule has 0 spiro atoms. The summed E-state index contributed by atoms with van der Waals surface area (Å²) in [4.78, 5) is 0. The van der Waals surface area contributed by atoms with Crippen LogP contribution in [0.2, 0.25) is 0 Å². The van der Waals surface area contributed by atoms with E-state index in [9.17, 15) is 8.78 Å². The Morgan fingerprint density at radius 2 is 2.00 bits per heavy atom. The molecule has 4 heteroatoms. The second-order valence-corrected chi connectivity index (χ2v) is 6.22. The van der Waals surface area contributed by atoms with Crippen LogP contribution in [-0.2, 0) is 12.0 Å². The van der Waals surface area contributed by atoms with Crippen LogP contribution in [0.1, 0.15) is 26.3 Å². The van der Waals surface area contributed by atoms with Crippen molar-refractivity contribution in [3.63, 3.8) is 0 Å². The highest BCUT2D eigenvalue weighted by atomic mass is 19.3. The Morgan fingerprint density at radius 3 is 2.68 bits per heavy atom. The first kappa shape index (κ1) is 12.5. The number of halogens is 2. The Bertz CT molecular complexity index is 637. The Balaban J connectivity index is 2.31. The normalized spacial score (nSPS) is 18.2. The van der Waals surface area contributed by atoms with Gasteiger partial charge in [-0.15, -0.1) is 0 Å². The molecule has 0 unspecified atom stereocenters. The molecule has 102 valence electrons. The van der Waals surface area contributed by atoms with Crippen LogP contribution in [0.5, 0.6) is 5.75 Å². The minimum Gasteiger partial charge on any atom is -0.485 e. The van der Waals surface area contributed by atoms with Crippen LogP contribution in [0, 0.1) is 0 Å². The van der Waals surface area contributed by atoms with Gasteiger partial charge in [0, 0.05) is 11.6 Å². The zero-order chi connectivity index (χ0) is 13.8. The molecule has 1 aliphatic heterocycles. The van der Waals surface area contributed by atoms with Gasteiger partial charge in [-0.05, 0) is 17.0 Å². The number of aromatic nitrogens is 1.